The third-order valence-electron chi connectivity index (χ3n) is 4.61. The van der Waals surface area contributed by atoms with Crippen molar-refractivity contribution in [3.63, 3.8) is 0 Å². The van der Waals surface area contributed by atoms with Gasteiger partial charge in [0.1, 0.15) is 5.52 Å². The van der Waals surface area contributed by atoms with E-state index in [4.69, 9.17) is 4.42 Å². The molecule has 3 aromatic carbocycles. The van der Waals surface area contributed by atoms with E-state index in [-0.39, 0.29) is 5.91 Å². The Labute approximate surface area is 160 Å². The number of anilines is 1. The molecule has 5 heteroatoms. The van der Waals surface area contributed by atoms with Crippen molar-refractivity contribution < 1.29 is 9.21 Å². The van der Waals surface area contributed by atoms with Crippen LogP contribution < -0.4 is 5.32 Å². The molecule has 134 valence electrons. The smallest absolute Gasteiger partial charge is 0.256 e. The number of aromatic nitrogens is 2. The van der Waals surface area contributed by atoms with Crippen LogP contribution in [0.15, 0.2) is 89.6 Å². The predicted octanol–water partition coefficient (Wildman–Crippen LogP) is 5.30. The molecule has 0 saturated carbocycles. The van der Waals surface area contributed by atoms with E-state index in [1.54, 1.807) is 18.5 Å². The highest BCUT2D eigenvalue weighted by Gasteiger charge is 2.11. The van der Waals surface area contributed by atoms with E-state index in [2.05, 4.69) is 15.3 Å². The van der Waals surface area contributed by atoms with Crippen molar-refractivity contribution in [1.82, 2.24) is 9.97 Å². The summed E-state index contributed by atoms with van der Waals surface area (Å²) in [4.78, 5) is 21.2. The number of benzene rings is 3. The highest BCUT2D eigenvalue weighted by atomic mass is 16.3. The highest BCUT2D eigenvalue weighted by Crippen LogP contribution is 2.25. The molecule has 0 aliphatic carbocycles. The summed E-state index contributed by atoms with van der Waals surface area (Å²) in [5.41, 5.74) is 3.59. The van der Waals surface area contributed by atoms with Gasteiger partial charge in [0.2, 0.25) is 5.89 Å². The lowest BCUT2D eigenvalue weighted by Gasteiger charge is -2.08. The molecule has 5 nitrogen and oxygen atoms in total. The summed E-state index contributed by atoms with van der Waals surface area (Å²) in [6.45, 7) is 0. The standard InChI is InChI=1S/C23H15N3O2/c27-22(19-7-3-5-15-4-1-2-6-18(15)19)25-17-10-8-16(9-11-17)23-26-20-14-24-13-12-21(20)28-23/h1-14H,(H,25,27). The molecule has 2 aromatic heterocycles. The van der Waals surface area contributed by atoms with E-state index in [0.717, 1.165) is 16.3 Å². The minimum absolute atomic E-state index is 0.141. The lowest BCUT2D eigenvalue weighted by atomic mass is 10.0. The molecule has 0 unspecified atom stereocenters. The second kappa shape index (κ2) is 6.63. The molecule has 1 N–H and O–H groups in total. The number of hydrogen-bond donors (Lipinski definition) is 1. The summed E-state index contributed by atoms with van der Waals surface area (Å²) in [5.74, 6) is 0.382. The molecular formula is C23H15N3O2. The Morgan fingerprint density at radius 1 is 0.893 bits per heavy atom. The molecule has 0 bridgehead atoms. The minimum Gasteiger partial charge on any atom is -0.436 e. The number of amides is 1. The van der Waals surface area contributed by atoms with Crippen LogP contribution in [-0.4, -0.2) is 15.9 Å². The van der Waals surface area contributed by atoms with E-state index >= 15 is 0 Å². The van der Waals surface area contributed by atoms with Gasteiger partial charge >= 0.3 is 0 Å². The Bertz CT molecular complexity index is 1270. The van der Waals surface area contributed by atoms with Crippen molar-refractivity contribution in [2.75, 3.05) is 5.32 Å². The van der Waals surface area contributed by atoms with Crippen LogP contribution in [0.1, 0.15) is 10.4 Å². The van der Waals surface area contributed by atoms with Crippen LogP contribution in [0, 0.1) is 0 Å². The summed E-state index contributed by atoms with van der Waals surface area (Å²) >= 11 is 0. The molecule has 0 saturated heterocycles. The Morgan fingerprint density at radius 3 is 2.57 bits per heavy atom. The van der Waals surface area contributed by atoms with Crippen LogP contribution in [0.5, 0.6) is 0 Å². The number of nitrogens with zero attached hydrogens (tertiary/aromatic N) is 2. The molecule has 0 radical (unpaired) electrons. The molecule has 2 heterocycles. The molecule has 0 fully saturated rings. The summed E-state index contributed by atoms with van der Waals surface area (Å²) in [6.07, 6.45) is 3.34. The van der Waals surface area contributed by atoms with Gasteiger partial charge in [0.15, 0.2) is 5.58 Å². The summed E-state index contributed by atoms with van der Waals surface area (Å²) in [5, 5.41) is 4.92. The van der Waals surface area contributed by atoms with Crippen LogP contribution in [0.25, 0.3) is 33.3 Å². The first-order valence-corrected chi connectivity index (χ1v) is 8.88. The average Bonchev–Trinajstić information content (AvgIpc) is 3.18. The van der Waals surface area contributed by atoms with Crippen LogP contribution in [0.4, 0.5) is 5.69 Å². The normalized spacial score (nSPS) is 11.0. The van der Waals surface area contributed by atoms with E-state index in [9.17, 15) is 4.79 Å². The van der Waals surface area contributed by atoms with Crippen LogP contribution >= 0.6 is 0 Å². The zero-order valence-electron chi connectivity index (χ0n) is 14.8. The summed E-state index contributed by atoms with van der Waals surface area (Å²) < 4.78 is 5.75. The number of carbonyl (C=O) groups is 1. The number of fused-ring (bicyclic) bond motifs is 2. The maximum Gasteiger partial charge on any atom is 0.256 e. The molecule has 5 rings (SSSR count). The van der Waals surface area contributed by atoms with E-state index in [1.807, 2.05) is 66.7 Å². The molecule has 0 aliphatic rings. The van der Waals surface area contributed by atoms with Gasteiger partial charge in [0.25, 0.3) is 5.91 Å². The van der Waals surface area contributed by atoms with Gasteiger partial charge in [-0.2, -0.15) is 0 Å². The van der Waals surface area contributed by atoms with Gasteiger partial charge in [0, 0.05) is 29.1 Å². The fourth-order valence-electron chi connectivity index (χ4n) is 3.22. The number of hydrogen-bond acceptors (Lipinski definition) is 4. The van der Waals surface area contributed by atoms with Gasteiger partial charge < -0.3 is 9.73 Å². The lowest BCUT2D eigenvalue weighted by Crippen LogP contribution is -2.12. The highest BCUT2D eigenvalue weighted by molar-refractivity contribution is 6.12. The first-order chi connectivity index (χ1) is 13.8. The van der Waals surface area contributed by atoms with Crippen molar-refractivity contribution in [2.45, 2.75) is 0 Å². The Kier molecular flexibility index (Phi) is 3.84. The first-order valence-electron chi connectivity index (χ1n) is 8.88. The zero-order valence-corrected chi connectivity index (χ0v) is 14.8. The van der Waals surface area contributed by atoms with Gasteiger partial charge in [-0.1, -0.05) is 36.4 Å². The van der Waals surface area contributed by atoms with Crippen molar-refractivity contribution in [3.8, 4) is 11.5 Å². The van der Waals surface area contributed by atoms with Gasteiger partial charge in [-0.15, -0.1) is 0 Å². The lowest BCUT2D eigenvalue weighted by molar-refractivity contribution is 0.102. The maximum atomic E-state index is 12.8. The first kappa shape index (κ1) is 16.2. The Hall–Kier alpha value is -3.99. The molecule has 0 aliphatic heterocycles. The van der Waals surface area contributed by atoms with Crippen LogP contribution in [0.3, 0.4) is 0 Å². The molecule has 0 atom stereocenters. The van der Waals surface area contributed by atoms with Crippen molar-refractivity contribution in [3.05, 3.63) is 90.8 Å². The largest absolute Gasteiger partial charge is 0.436 e. The van der Waals surface area contributed by atoms with Crippen LogP contribution in [0.2, 0.25) is 0 Å². The number of carbonyl (C=O) groups excluding carboxylic acids is 1. The van der Waals surface area contributed by atoms with Crippen LogP contribution in [-0.2, 0) is 0 Å². The molecule has 5 aromatic rings. The topological polar surface area (TPSA) is 68.0 Å². The van der Waals surface area contributed by atoms with Gasteiger partial charge in [-0.3, -0.25) is 9.78 Å². The maximum absolute atomic E-state index is 12.8. The molecule has 0 spiro atoms. The van der Waals surface area contributed by atoms with Crippen molar-refractivity contribution >= 4 is 33.5 Å². The fraction of sp³-hybridized carbons (Fsp3) is 0. The fourth-order valence-corrected chi connectivity index (χ4v) is 3.22. The molecule has 1 amide bonds. The minimum atomic E-state index is -0.141. The third-order valence-corrected chi connectivity index (χ3v) is 4.61. The Morgan fingerprint density at radius 2 is 1.71 bits per heavy atom. The third kappa shape index (κ3) is 2.89. The van der Waals surface area contributed by atoms with E-state index in [1.165, 1.54) is 0 Å². The quantitative estimate of drug-likeness (QED) is 0.471. The average molecular weight is 365 g/mol. The molecular weight excluding hydrogens is 350 g/mol. The number of pyridine rings is 1. The predicted molar refractivity (Wildman–Crippen MR) is 109 cm³/mol. The Balaban J connectivity index is 1.40. The monoisotopic (exact) mass is 365 g/mol. The van der Waals surface area contributed by atoms with Gasteiger partial charge in [-0.05, 0) is 41.1 Å². The van der Waals surface area contributed by atoms with Gasteiger partial charge in [0.05, 0.1) is 6.20 Å². The number of rotatable bonds is 3. The van der Waals surface area contributed by atoms with E-state index in [0.29, 0.717) is 28.2 Å². The van der Waals surface area contributed by atoms with Gasteiger partial charge in [-0.25, -0.2) is 4.98 Å². The SMILES string of the molecule is O=C(Nc1ccc(-c2nc3cnccc3o2)cc1)c1cccc2ccccc12. The second-order valence-corrected chi connectivity index (χ2v) is 6.42. The van der Waals surface area contributed by atoms with E-state index < -0.39 is 0 Å². The number of oxazole rings is 1. The van der Waals surface area contributed by atoms with Crippen molar-refractivity contribution in [2.24, 2.45) is 0 Å². The summed E-state index contributed by atoms with van der Waals surface area (Å²) in [7, 11) is 0. The zero-order chi connectivity index (χ0) is 18.9. The number of nitrogens with one attached hydrogen (secondary N) is 1. The summed E-state index contributed by atoms with van der Waals surface area (Å²) in [6, 6.07) is 22.8. The molecule has 28 heavy (non-hydrogen) atoms. The second-order valence-electron chi connectivity index (χ2n) is 6.42. The van der Waals surface area contributed by atoms with Crippen molar-refractivity contribution in [1.29, 1.82) is 0 Å².